The fraction of sp³-hybridized carbons (Fsp3) is 0.450. The molecule has 156 valence electrons. The first-order valence-electron chi connectivity index (χ1n) is 10.1. The van der Waals surface area contributed by atoms with E-state index < -0.39 is 0 Å². The Labute approximate surface area is 182 Å². The van der Waals surface area contributed by atoms with Crippen molar-refractivity contribution < 1.29 is 9.26 Å². The number of piperazine rings is 1. The van der Waals surface area contributed by atoms with E-state index in [2.05, 4.69) is 57.7 Å². The molecule has 2 fully saturated rings. The zero-order valence-corrected chi connectivity index (χ0v) is 18.2. The Balaban J connectivity index is 1.19. The minimum Gasteiger partial charge on any atom is -0.486 e. The fourth-order valence-corrected chi connectivity index (χ4v) is 3.87. The fourth-order valence-electron chi connectivity index (χ4n) is 3.50. The number of anilines is 2. The second-order valence-electron chi connectivity index (χ2n) is 7.67. The third kappa shape index (κ3) is 4.09. The minimum absolute atomic E-state index is 0.223. The highest BCUT2D eigenvalue weighted by molar-refractivity contribution is 9.10. The number of hydrogen-bond acceptors (Lipinski definition) is 9. The van der Waals surface area contributed by atoms with Crippen LogP contribution < -0.4 is 14.5 Å². The second kappa shape index (κ2) is 8.17. The summed E-state index contributed by atoms with van der Waals surface area (Å²) in [6, 6.07) is 2.14. The molecule has 4 heterocycles. The van der Waals surface area contributed by atoms with Gasteiger partial charge in [-0.2, -0.15) is 4.98 Å². The molecule has 3 aromatic rings. The van der Waals surface area contributed by atoms with E-state index in [4.69, 9.17) is 9.26 Å². The van der Waals surface area contributed by atoms with Crippen LogP contribution in [0, 0.1) is 0 Å². The van der Waals surface area contributed by atoms with E-state index in [-0.39, 0.29) is 6.04 Å². The van der Waals surface area contributed by atoms with Gasteiger partial charge in [0.1, 0.15) is 6.61 Å². The van der Waals surface area contributed by atoms with E-state index in [9.17, 15) is 0 Å². The summed E-state index contributed by atoms with van der Waals surface area (Å²) in [5.74, 6) is 3.27. The molecule has 5 rings (SSSR count). The Morgan fingerprint density at radius 1 is 1.17 bits per heavy atom. The van der Waals surface area contributed by atoms with Crippen LogP contribution in [0.3, 0.4) is 0 Å². The Morgan fingerprint density at radius 2 is 2.00 bits per heavy atom. The molecule has 1 saturated carbocycles. The molecule has 1 atom stereocenters. The zero-order valence-electron chi connectivity index (χ0n) is 16.6. The van der Waals surface area contributed by atoms with Crippen molar-refractivity contribution in [2.45, 2.75) is 38.3 Å². The summed E-state index contributed by atoms with van der Waals surface area (Å²) in [7, 11) is 0. The molecule has 0 N–H and O–H groups in total. The molecule has 0 aromatic carbocycles. The molecule has 1 aliphatic carbocycles. The van der Waals surface area contributed by atoms with Gasteiger partial charge in [0.2, 0.25) is 11.8 Å². The van der Waals surface area contributed by atoms with Gasteiger partial charge in [-0.05, 0) is 46.9 Å². The lowest BCUT2D eigenvalue weighted by Crippen LogP contribution is -2.53. The monoisotopic (exact) mass is 471 g/mol. The topological polar surface area (TPSA) is 93.3 Å². The lowest BCUT2D eigenvalue weighted by atomic mass is 10.2. The van der Waals surface area contributed by atoms with Crippen molar-refractivity contribution in [3.05, 3.63) is 46.8 Å². The molecule has 9 nitrogen and oxygen atoms in total. The van der Waals surface area contributed by atoms with Crippen LogP contribution in [0.25, 0.3) is 0 Å². The molecule has 0 unspecified atom stereocenters. The van der Waals surface area contributed by atoms with Crippen molar-refractivity contribution in [2.75, 3.05) is 29.4 Å². The number of aromatic nitrogens is 5. The molecule has 10 heteroatoms. The zero-order chi connectivity index (χ0) is 20.5. The number of nitrogens with zero attached hydrogens (tertiary/aromatic N) is 7. The Kier molecular flexibility index (Phi) is 5.24. The van der Waals surface area contributed by atoms with E-state index in [0.29, 0.717) is 30.2 Å². The number of halogens is 1. The molecule has 3 aromatic heterocycles. The van der Waals surface area contributed by atoms with E-state index >= 15 is 0 Å². The standard InChI is InChI=1S/C20H22BrN7O2/c1-13-11-27(20-25-18(30-26-20)14-2-3-14)6-7-28(13)19-23-8-16(9-24-19)29-12-15-4-5-22-10-17(15)21/h4-5,8-10,13-14H,2-3,6-7,11-12H2,1H3/t13-/m1/s1. The highest BCUT2D eigenvalue weighted by Crippen LogP contribution is 2.39. The molecule has 30 heavy (non-hydrogen) atoms. The van der Waals surface area contributed by atoms with E-state index in [1.54, 1.807) is 24.8 Å². The maximum absolute atomic E-state index is 5.81. The van der Waals surface area contributed by atoms with Crippen LogP contribution in [0.5, 0.6) is 5.75 Å². The first-order chi connectivity index (χ1) is 14.7. The van der Waals surface area contributed by atoms with E-state index in [1.165, 1.54) is 0 Å². The maximum Gasteiger partial charge on any atom is 0.266 e. The van der Waals surface area contributed by atoms with Crippen LogP contribution in [0.2, 0.25) is 0 Å². The quantitative estimate of drug-likeness (QED) is 0.536. The SMILES string of the molecule is C[C@@H]1CN(c2noc(C3CC3)n2)CCN1c1ncc(OCc2ccncc2Br)cn1. The third-order valence-corrected chi connectivity index (χ3v) is 6.10. The highest BCUT2D eigenvalue weighted by atomic mass is 79.9. The van der Waals surface area contributed by atoms with Crippen molar-refractivity contribution in [3.63, 3.8) is 0 Å². The molecule has 1 aliphatic heterocycles. The molecule has 0 spiro atoms. The normalized spacial score (nSPS) is 19.2. The smallest absolute Gasteiger partial charge is 0.266 e. The van der Waals surface area contributed by atoms with Gasteiger partial charge in [0.25, 0.3) is 5.95 Å². The largest absolute Gasteiger partial charge is 0.486 e. The second-order valence-corrected chi connectivity index (χ2v) is 8.52. The van der Waals surface area contributed by atoms with Crippen molar-refractivity contribution in [3.8, 4) is 5.75 Å². The van der Waals surface area contributed by atoms with Gasteiger partial charge in [-0.3, -0.25) is 4.98 Å². The number of hydrogen-bond donors (Lipinski definition) is 0. The summed E-state index contributed by atoms with van der Waals surface area (Å²) in [6.07, 6.45) is 9.24. The van der Waals surface area contributed by atoms with E-state index in [0.717, 1.165) is 48.4 Å². The van der Waals surface area contributed by atoms with Gasteiger partial charge in [0.05, 0.1) is 12.4 Å². The van der Waals surface area contributed by atoms with Gasteiger partial charge >= 0.3 is 0 Å². The highest BCUT2D eigenvalue weighted by Gasteiger charge is 2.32. The first-order valence-corrected chi connectivity index (χ1v) is 10.8. The molecule has 2 aliphatic rings. The average Bonchev–Trinajstić information content (AvgIpc) is 3.50. The van der Waals surface area contributed by atoms with Gasteiger partial charge in [-0.25, -0.2) is 9.97 Å². The van der Waals surface area contributed by atoms with Gasteiger partial charge in [-0.15, -0.1) is 0 Å². The molecule has 0 radical (unpaired) electrons. The van der Waals surface area contributed by atoms with Crippen LogP contribution in [-0.2, 0) is 6.61 Å². The van der Waals surface area contributed by atoms with Gasteiger partial charge in [0.15, 0.2) is 5.75 Å². The minimum atomic E-state index is 0.223. The lowest BCUT2D eigenvalue weighted by Gasteiger charge is -2.39. The Hall–Kier alpha value is -2.75. The van der Waals surface area contributed by atoms with Crippen LogP contribution in [0.15, 0.2) is 39.8 Å². The van der Waals surface area contributed by atoms with Crippen molar-refractivity contribution >= 4 is 27.8 Å². The molecule has 0 bridgehead atoms. The summed E-state index contributed by atoms with van der Waals surface area (Å²) in [5, 5.41) is 4.16. The van der Waals surface area contributed by atoms with E-state index in [1.807, 2.05) is 6.07 Å². The molecule has 0 amide bonds. The Bertz CT molecular complexity index is 1010. The summed E-state index contributed by atoms with van der Waals surface area (Å²) in [5.41, 5.74) is 1.02. The predicted molar refractivity (Wildman–Crippen MR) is 114 cm³/mol. The van der Waals surface area contributed by atoms with Crippen LogP contribution in [0.4, 0.5) is 11.9 Å². The molecular formula is C20H22BrN7O2. The van der Waals surface area contributed by atoms with Crippen molar-refractivity contribution in [1.82, 2.24) is 25.1 Å². The van der Waals surface area contributed by atoms with Gasteiger partial charge < -0.3 is 19.1 Å². The van der Waals surface area contributed by atoms with Crippen molar-refractivity contribution in [2.24, 2.45) is 0 Å². The van der Waals surface area contributed by atoms with Crippen molar-refractivity contribution in [1.29, 1.82) is 0 Å². The number of ether oxygens (including phenoxy) is 1. The lowest BCUT2D eigenvalue weighted by molar-refractivity contribution is 0.302. The van der Waals surface area contributed by atoms with Crippen LogP contribution >= 0.6 is 15.9 Å². The maximum atomic E-state index is 5.81. The first kappa shape index (κ1) is 19.2. The van der Waals surface area contributed by atoms with Gasteiger partial charge in [0, 0.05) is 54.0 Å². The number of pyridine rings is 1. The summed E-state index contributed by atoms with van der Waals surface area (Å²) < 4.78 is 12.1. The summed E-state index contributed by atoms with van der Waals surface area (Å²) in [4.78, 5) is 22.0. The third-order valence-electron chi connectivity index (χ3n) is 5.39. The number of rotatable bonds is 6. The Morgan fingerprint density at radius 3 is 2.73 bits per heavy atom. The predicted octanol–water partition coefficient (Wildman–Crippen LogP) is 3.19. The summed E-state index contributed by atoms with van der Waals surface area (Å²) in [6.45, 7) is 4.96. The van der Waals surface area contributed by atoms with Crippen LogP contribution in [-0.4, -0.2) is 50.8 Å². The molecule has 1 saturated heterocycles. The molecular weight excluding hydrogens is 450 g/mol. The average molecular weight is 472 g/mol. The van der Waals surface area contributed by atoms with Crippen LogP contribution in [0.1, 0.15) is 37.1 Å². The summed E-state index contributed by atoms with van der Waals surface area (Å²) >= 11 is 3.47. The van der Waals surface area contributed by atoms with Gasteiger partial charge in [-0.1, -0.05) is 0 Å².